The number of fused-ring (bicyclic) bond motifs is 1. The second-order valence-corrected chi connectivity index (χ2v) is 6.06. The number of nitrogens with zero attached hydrogens (tertiary/aromatic N) is 1. The van der Waals surface area contributed by atoms with Gasteiger partial charge in [0.05, 0.1) is 12.7 Å². The van der Waals surface area contributed by atoms with Crippen LogP contribution in [-0.2, 0) is 11.2 Å². The van der Waals surface area contributed by atoms with Crippen LogP contribution >= 0.6 is 0 Å². The van der Waals surface area contributed by atoms with Gasteiger partial charge < -0.3 is 10.1 Å². The van der Waals surface area contributed by atoms with Gasteiger partial charge >= 0.3 is 0 Å². The Hall–Kier alpha value is -0.900. The van der Waals surface area contributed by atoms with Crippen LogP contribution in [0, 0.1) is 0 Å². The van der Waals surface area contributed by atoms with E-state index in [0.29, 0.717) is 6.04 Å². The van der Waals surface area contributed by atoms with Gasteiger partial charge in [-0.1, -0.05) is 24.3 Å². The van der Waals surface area contributed by atoms with Gasteiger partial charge in [-0.2, -0.15) is 0 Å². The van der Waals surface area contributed by atoms with Gasteiger partial charge in [0.2, 0.25) is 0 Å². The van der Waals surface area contributed by atoms with E-state index in [9.17, 15) is 0 Å². The Morgan fingerprint density at radius 2 is 2.10 bits per heavy atom. The molecule has 0 aromatic heterocycles. The van der Waals surface area contributed by atoms with Crippen LogP contribution in [0.15, 0.2) is 24.3 Å². The van der Waals surface area contributed by atoms with Gasteiger partial charge in [-0.25, -0.2) is 0 Å². The van der Waals surface area contributed by atoms with Crippen molar-refractivity contribution in [2.75, 3.05) is 32.8 Å². The van der Waals surface area contributed by atoms with Crippen LogP contribution in [0.1, 0.15) is 37.0 Å². The Morgan fingerprint density at radius 3 is 2.95 bits per heavy atom. The van der Waals surface area contributed by atoms with Crippen molar-refractivity contribution >= 4 is 0 Å². The first kappa shape index (κ1) is 14.1. The van der Waals surface area contributed by atoms with Crippen molar-refractivity contribution in [1.29, 1.82) is 0 Å². The van der Waals surface area contributed by atoms with Crippen molar-refractivity contribution in [3.8, 4) is 0 Å². The molecule has 0 aliphatic carbocycles. The largest absolute Gasteiger partial charge is 0.372 e. The summed E-state index contributed by atoms with van der Waals surface area (Å²) >= 11 is 0. The van der Waals surface area contributed by atoms with Crippen LogP contribution in [-0.4, -0.2) is 43.7 Å². The minimum absolute atomic E-state index is 0.228. The van der Waals surface area contributed by atoms with Gasteiger partial charge in [0, 0.05) is 19.1 Å². The van der Waals surface area contributed by atoms with Crippen molar-refractivity contribution in [3.63, 3.8) is 0 Å². The molecule has 20 heavy (non-hydrogen) atoms. The molecule has 1 aromatic rings. The first-order valence-electron chi connectivity index (χ1n) is 7.99. The number of hydrogen-bond donors (Lipinski definition) is 1. The molecular weight excluding hydrogens is 248 g/mol. The summed E-state index contributed by atoms with van der Waals surface area (Å²) in [6.07, 6.45) is 4.01. The maximum absolute atomic E-state index is 5.94. The van der Waals surface area contributed by atoms with Crippen molar-refractivity contribution < 1.29 is 4.74 Å². The first-order chi connectivity index (χ1) is 9.84. The van der Waals surface area contributed by atoms with Crippen LogP contribution in [0.3, 0.4) is 0 Å². The molecule has 2 aliphatic rings. The summed E-state index contributed by atoms with van der Waals surface area (Å²) in [5.74, 6) is 0. The zero-order valence-electron chi connectivity index (χ0n) is 12.5. The van der Waals surface area contributed by atoms with Gasteiger partial charge in [0.15, 0.2) is 0 Å². The lowest BCUT2D eigenvalue weighted by Gasteiger charge is -2.28. The Bertz CT molecular complexity index is 429. The van der Waals surface area contributed by atoms with Crippen LogP contribution in [0.5, 0.6) is 0 Å². The Labute approximate surface area is 122 Å². The van der Waals surface area contributed by atoms with Crippen LogP contribution in [0.25, 0.3) is 0 Å². The average molecular weight is 274 g/mol. The van der Waals surface area contributed by atoms with Gasteiger partial charge in [0.25, 0.3) is 0 Å². The molecule has 3 rings (SSSR count). The summed E-state index contributed by atoms with van der Waals surface area (Å²) in [7, 11) is 0. The zero-order chi connectivity index (χ0) is 13.8. The number of rotatable bonds is 5. The summed E-state index contributed by atoms with van der Waals surface area (Å²) in [6, 6.07) is 9.33. The fourth-order valence-corrected chi connectivity index (χ4v) is 3.38. The zero-order valence-corrected chi connectivity index (χ0v) is 12.5. The highest BCUT2D eigenvalue weighted by Gasteiger charge is 2.21. The summed E-state index contributed by atoms with van der Waals surface area (Å²) in [5, 5.41) is 3.61. The molecule has 2 aliphatic heterocycles. The third-order valence-electron chi connectivity index (χ3n) is 4.63. The highest BCUT2D eigenvalue weighted by Crippen LogP contribution is 2.26. The lowest BCUT2D eigenvalue weighted by molar-refractivity contribution is 0.0415. The molecule has 2 heterocycles. The number of nitrogens with one attached hydrogen (secondary N) is 1. The average Bonchev–Trinajstić information content (AvgIpc) is 3.02. The van der Waals surface area contributed by atoms with Gasteiger partial charge in [-0.05, 0) is 50.4 Å². The molecular formula is C17H26N2O. The summed E-state index contributed by atoms with van der Waals surface area (Å²) in [4.78, 5) is 2.59. The van der Waals surface area contributed by atoms with Crippen molar-refractivity contribution in [1.82, 2.24) is 10.2 Å². The fraction of sp³-hybridized carbons (Fsp3) is 0.647. The predicted molar refractivity (Wildman–Crippen MR) is 82.0 cm³/mol. The van der Waals surface area contributed by atoms with E-state index in [0.717, 1.165) is 26.1 Å². The Morgan fingerprint density at radius 1 is 1.30 bits per heavy atom. The van der Waals surface area contributed by atoms with Crippen LogP contribution < -0.4 is 5.32 Å². The molecule has 2 unspecified atom stereocenters. The van der Waals surface area contributed by atoms with Gasteiger partial charge in [-0.3, -0.25) is 4.90 Å². The molecule has 1 fully saturated rings. The first-order valence-corrected chi connectivity index (χ1v) is 7.99. The normalized spacial score (nSPS) is 24.6. The Kier molecular flexibility index (Phi) is 4.71. The molecule has 0 bridgehead atoms. The minimum Gasteiger partial charge on any atom is -0.372 e. The van der Waals surface area contributed by atoms with Crippen LogP contribution in [0.4, 0.5) is 0 Å². The maximum atomic E-state index is 5.94. The molecule has 3 nitrogen and oxygen atoms in total. The maximum Gasteiger partial charge on any atom is 0.0952 e. The molecule has 1 aromatic carbocycles. The number of benzene rings is 1. The molecule has 0 spiro atoms. The second kappa shape index (κ2) is 6.70. The second-order valence-electron chi connectivity index (χ2n) is 6.06. The molecule has 1 saturated heterocycles. The number of likely N-dealkylation sites (tertiary alicyclic amines) is 1. The van der Waals surface area contributed by atoms with E-state index in [2.05, 4.69) is 41.4 Å². The van der Waals surface area contributed by atoms with E-state index in [4.69, 9.17) is 4.74 Å². The van der Waals surface area contributed by atoms with E-state index < -0.39 is 0 Å². The summed E-state index contributed by atoms with van der Waals surface area (Å²) < 4.78 is 5.94. The fourth-order valence-electron chi connectivity index (χ4n) is 3.38. The monoisotopic (exact) mass is 274 g/mol. The molecule has 2 atom stereocenters. The summed E-state index contributed by atoms with van der Waals surface area (Å²) in [6.45, 7) is 7.70. The smallest absolute Gasteiger partial charge is 0.0952 e. The third kappa shape index (κ3) is 3.22. The van der Waals surface area contributed by atoms with Crippen LogP contribution in [0.2, 0.25) is 0 Å². The molecule has 110 valence electrons. The highest BCUT2D eigenvalue weighted by atomic mass is 16.5. The SMILES string of the molecule is CC(CNCC1OCCc2ccccc21)N1CCCC1. The number of ether oxygens (including phenoxy) is 1. The molecule has 3 heteroatoms. The van der Waals surface area contributed by atoms with E-state index in [1.165, 1.54) is 37.1 Å². The van der Waals surface area contributed by atoms with Crippen molar-refractivity contribution in [2.24, 2.45) is 0 Å². The van der Waals surface area contributed by atoms with Crippen molar-refractivity contribution in [3.05, 3.63) is 35.4 Å². The Balaban J connectivity index is 1.49. The number of hydrogen-bond acceptors (Lipinski definition) is 3. The lowest BCUT2D eigenvalue weighted by atomic mass is 9.97. The van der Waals surface area contributed by atoms with E-state index >= 15 is 0 Å². The van der Waals surface area contributed by atoms with Crippen molar-refractivity contribution in [2.45, 2.75) is 38.3 Å². The predicted octanol–water partition coefficient (Wildman–Crippen LogP) is 2.37. The summed E-state index contributed by atoms with van der Waals surface area (Å²) in [5.41, 5.74) is 2.83. The highest BCUT2D eigenvalue weighted by molar-refractivity contribution is 5.31. The quantitative estimate of drug-likeness (QED) is 0.892. The van der Waals surface area contributed by atoms with E-state index in [1.54, 1.807) is 0 Å². The molecule has 0 saturated carbocycles. The molecule has 1 N–H and O–H groups in total. The standard InChI is InChI=1S/C17H26N2O/c1-14(19-9-4-5-10-19)12-18-13-17-16-7-3-2-6-15(16)8-11-20-17/h2-3,6-7,14,17-18H,4-5,8-13H2,1H3. The van der Waals surface area contributed by atoms with E-state index in [1.807, 2.05) is 0 Å². The minimum atomic E-state index is 0.228. The van der Waals surface area contributed by atoms with E-state index in [-0.39, 0.29) is 6.10 Å². The van der Waals surface area contributed by atoms with Gasteiger partial charge in [0.1, 0.15) is 0 Å². The molecule has 0 amide bonds. The third-order valence-corrected chi connectivity index (χ3v) is 4.63. The topological polar surface area (TPSA) is 24.5 Å². The van der Waals surface area contributed by atoms with Gasteiger partial charge in [-0.15, -0.1) is 0 Å². The lowest BCUT2D eigenvalue weighted by Crippen LogP contribution is -2.40. The molecule has 0 radical (unpaired) electrons.